The fourth-order valence-electron chi connectivity index (χ4n) is 2.24. The van der Waals surface area contributed by atoms with Gasteiger partial charge in [-0.1, -0.05) is 54.6 Å². The Morgan fingerprint density at radius 3 is 1.95 bits per heavy atom. The molecule has 0 radical (unpaired) electrons. The molecule has 0 fully saturated rings. The Labute approximate surface area is 117 Å². The second kappa shape index (κ2) is 5.17. The van der Waals surface area contributed by atoms with Crippen molar-refractivity contribution in [2.45, 2.75) is 0 Å². The van der Waals surface area contributed by atoms with Gasteiger partial charge in [0.25, 0.3) is 0 Å². The highest BCUT2D eigenvalue weighted by molar-refractivity contribution is 5.72. The summed E-state index contributed by atoms with van der Waals surface area (Å²) in [7, 11) is 0. The molecule has 98 valence electrons. The van der Waals surface area contributed by atoms with Crippen LogP contribution in [0.1, 0.15) is 0 Å². The second-order valence-corrected chi connectivity index (χ2v) is 4.68. The molecule has 3 aromatic rings. The predicted octanol–water partition coefficient (Wildman–Crippen LogP) is 4.74. The molecule has 0 heterocycles. The van der Waals surface area contributed by atoms with Gasteiger partial charge in [0.15, 0.2) is 0 Å². The van der Waals surface area contributed by atoms with Gasteiger partial charge in [-0.05, 0) is 34.9 Å². The lowest BCUT2D eigenvalue weighted by atomic mass is 10.00. The van der Waals surface area contributed by atoms with Crippen molar-refractivity contribution in [3.8, 4) is 22.3 Å². The molecule has 2 N–H and O–H groups in total. The molecule has 0 aromatic heterocycles. The topological polar surface area (TPSA) is 26.0 Å². The van der Waals surface area contributed by atoms with Gasteiger partial charge in [-0.15, -0.1) is 0 Å². The summed E-state index contributed by atoms with van der Waals surface area (Å²) in [6.07, 6.45) is 0. The minimum Gasteiger partial charge on any atom is -0.399 e. The Morgan fingerprint density at radius 1 is 0.650 bits per heavy atom. The maximum absolute atomic E-state index is 13.8. The van der Waals surface area contributed by atoms with E-state index in [0.29, 0.717) is 11.3 Å². The molecule has 0 amide bonds. The highest BCUT2D eigenvalue weighted by atomic mass is 19.1. The van der Waals surface area contributed by atoms with Crippen LogP contribution >= 0.6 is 0 Å². The van der Waals surface area contributed by atoms with Gasteiger partial charge in [0, 0.05) is 11.3 Å². The smallest absolute Gasteiger partial charge is 0.131 e. The van der Waals surface area contributed by atoms with Gasteiger partial charge in [0.05, 0.1) is 0 Å². The molecule has 2 heteroatoms. The van der Waals surface area contributed by atoms with Crippen LogP contribution in [-0.2, 0) is 0 Å². The number of rotatable bonds is 2. The third-order valence-electron chi connectivity index (χ3n) is 3.29. The van der Waals surface area contributed by atoms with Crippen LogP contribution < -0.4 is 5.73 Å². The van der Waals surface area contributed by atoms with Crippen molar-refractivity contribution >= 4 is 5.69 Å². The molecule has 3 rings (SSSR count). The van der Waals surface area contributed by atoms with Crippen LogP contribution in [0.3, 0.4) is 0 Å². The van der Waals surface area contributed by atoms with Gasteiger partial charge < -0.3 is 5.73 Å². The van der Waals surface area contributed by atoms with Gasteiger partial charge in [-0.25, -0.2) is 4.39 Å². The monoisotopic (exact) mass is 263 g/mol. The SMILES string of the molecule is Nc1ccc(F)c(-c2ccc(-c3ccccc3)cc2)c1. The molecule has 0 unspecified atom stereocenters. The molecule has 0 saturated heterocycles. The average Bonchev–Trinajstić information content (AvgIpc) is 2.51. The lowest BCUT2D eigenvalue weighted by molar-refractivity contribution is 0.631. The molecule has 20 heavy (non-hydrogen) atoms. The third kappa shape index (κ3) is 2.41. The van der Waals surface area contributed by atoms with Crippen molar-refractivity contribution < 1.29 is 4.39 Å². The molecule has 0 aliphatic heterocycles. The summed E-state index contributed by atoms with van der Waals surface area (Å²) in [5.74, 6) is -0.258. The van der Waals surface area contributed by atoms with E-state index < -0.39 is 0 Å². The second-order valence-electron chi connectivity index (χ2n) is 4.68. The van der Waals surface area contributed by atoms with Crippen LogP contribution in [0.15, 0.2) is 72.8 Å². The van der Waals surface area contributed by atoms with E-state index in [4.69, 9.17) is 5.73 Å². The standard InChI is InChI=1S/C18H14FN/c19-18-11-10-16(20)12-17(18)15-8-6-14(7-9-15)13-4-2-1-3-5-13/h1-12H,20H2. The first-order valence-electron chi connectivity index (χ1n) is 6.45. The number of anilines is 1. The molecule has 0 aliphatic rings. The van der Waals surface area contributed by atoms with Crippen molar-refractivity contribution in [2.75, 3.05) is 5.73 Å². The highest BCUT2D eigenvalue weighted by Gasteiger charge is 2.06. The quantitative estimate of drug-likeness (QED) is 0.664. The largest absolute Gasteiger partial charge is 0.399 e. The maximum atomic E-state index is 13.8. The van der Waals surface area contributed by atoms with Crippen molar-refractivity contribution in [3.63, 3.8) is 0 Å². The first-order chi connectivity index (χ1) is 9.74. The number of nitrogen functional groups attached to an aromatic ring is 1. The number of hydrogen-bond acceptors (Lipinski definition) is 1. The number of hydrogen-bond donors (Lipinski definition) is 1. The van der Waals surface area contributed by atoms with Gasteiger partial charge in [0.1, 0.15) is 5.82 Å². The zero-order valence-electron chi connectivity index (χ0n) is 10.9. The first kappa shape index (κ1) is 12.4. The normalized spacial score (nSPS) is 10.4. The van der Waals surface area contributed by atoms with Crippen LogP contribution in [0, 0.1) is 5.82 Å². The molecule has 0 aliphatic carbocycles. The molecule has 0 saturated carbocycles. The Kier molecular flexibility index (Phi) is 3.21. The van der Waals surface area contributed by atoms with Crippen molar-refractivity contribution in [1.29, 1.82) is 0 Å². The molecule has 0 atom stereocenters. The van der Waals surface area contributed by atoms with Crippen LogP contribution in [0.4, 0.5) is 10.1 Å². The van der Waals surface area contributed by atoms with E-state index in [1.807, 2.05) is 42.5 Å². The van der Waals surface area contributed by atoms with E-state index in [1.165, 1.54) is 6.07 Å². The fourth-order valence-corrected chi connectivity index (χ4v) is 2.24. The van der Waals surface area contributed by atoms with Gasteiger partial charge in [-0.2, -0.15) is 0 Å². The Morgan fingerprint density at radius 2 is 1.25 bits per heavy atom. The number of benzene rings is 3. The van der Waals surface area contributed by atoms with Crippen LogP contribution in [0.5, 0.6) is 0 Å². The summed E-state index contributed by atoms with van der Waals surface area (Å²) in [5.41, 5.74) is 9.90. The summed E-state index contributed by atoms with van der Waals surface area (Å²) < 4.78 is 13.8. The molecular formula is C18H14FN. The third-order valence-corrected chi connectivity index (χ3v) is 3.29. The minimum atomic E-state index is -0.258. The van der Waals surface area contributed by atoms with E-state index in [1.54, 1.807) is 12.1 Å². The van der Waals surface area contributed by atoms with Gasteiger partial charge in [0.2, 0.25) is 0 Å². The molecule has 1 nitrogen and oxygen atoms in total. The predicted molar refractivity (Wildman–Crippen MR) is 81.7 cm³/mol. The van der Waals surface area contributed by atoms with Crippen LogP contribution in [-0.4, -0.2) is 0 Å². The van der Waals surface area contributed by atoms with Crippen molar-refractivity contribution in [3.05, 3.63) is 78.6 Å². The van der Waals surface area contributed by atoms with Gasteiger partial charge >= 0.3 is 0 Å². The lowest BCUT2D eigenvalue weighted by Crippen LogP contribution is -1.89. The lowest BCUT2D eigenvalue weighted by Gasteiger charge is -2.07. The fraction of sp³-hybridized carbons (Fsp3) is 0. The minimum absolute atomic E-state index is 0.258. The maximum Gasteiger partial charge on any atom is 0.131 e. The zero-order chi connectivity index (χ0) is 13.9. The van der Waals surface area contributed by atoms with Crippen molar-refractivity contribution in [2.24, 2.45) is 0 Å². The van der Waals surface area contributed by atoms with E-state index in [2.05, 4.69) is 12.1 Å². The highest BCUT2D eigenvalue weighted by Crippen LogP contribution is 2.27. The van der Waals surface area contributed by atoms with Gasteiger partial charge in [-0.3, -0.25) is 0 Å². The first-order valence-corrected chi connectivity index (χ1v) is 6.45. The van der Waals surface area contributed by atoms with E-state index >= 15 is 0 Å². The summed E-state index contributed by atoms with van der Waals surface area (Å²) in [5, 5.41) is 0. The van der Waals surface area contributed by atoms with E-state index in [9.17, 15) is 4.39 Å². The summed E-state index contributed by atoms with van der Waals surface area (Å²) >= 11 is 0. The average molecular weight is 263 g/mol. The molecular weight excluding hydrogens is 249 g/mol. The van der Waals surface area contributed by atoms with E-state index in [-0.39, 0.29) is 5.82 Å². The number of nitrogens with two attached hydrogens (primary N) is 1. The summed E-state index contributed by atoms with van der Waals surface area (Å²) in [4.78, 5) is 0. The van der Waals surface area contributed by atoms with E-state index in [0.717, 1.165) is 16.7 Å². The summed E-state index contributed by atoms with van der Waals surface area (Å²) in [6, 6.07) is 22.5. The molecule has 3 aromatic carbocycles. The Bertz CT molecular complexity index is 718. The van der Waals surface area contributed by atoms with Crippen molar-refractivity contribution in [1.82, 2.24) is 0 Å². The van der Waals surface area contributed by atoms with Crippen LogP contribution in [0.2, 0.25) is 0 Å². The van der Waals surface area contributed by atoms with Crippen LogP contribution in [0.25, 0.3) is 22.3 Å². The Hall–Kier alpha value is -2.61. The zero-order valence-corrected chi connectivity index (χ0v) is 10.9. The Balaban J connectivity index is 2.00. The summed E-state index contributed by atoms with van der Waals surface area (Å²) in [6.45, 7) is 0. The molecule has 0 spiro atoms. The number of halogens is 1. The molecule has 0 bridgehead atoms.